The fourth-order valence-corrected chi connectivity index (χ4v) is 2.83. The molecule has 0 fully saturated rings. The fraction of sp³-hybridized carbons (Fsp3) is 0.950. The van der Waals surface area contributed by atoms with E-state index >= 15 is 0 Å². The summed E-state index contributed by atoms with van der Waals surface area (Å²) in [6, 6.07) is 0. The van der Waals surface area contributed by atoms with Crippen molar-refractivity contribution in [3.8, 4) is 0 Å². The van der Waals surface area contributed by atoms with Gasteiger partial charge in [-0.3, -0.25) is 4.79 Å². The molecule has 0 aromatic carbocycles. The zero-order valence-electron chi connectivity index (χ0n) is 16.1. The number of hydrogen-bond donors (Lipinski definition) is 3. The molecule has 0 heterocycles. The van der Waals surface area contributed by atoms with Gasteiger partial charge in [-0.25, -0.2) is 0 Å². The Balaban J connectivity index is 3.24. The highest BCUT2D eigenvalue weighted by Crippen LogP contribution is 2.13. The van der Waals surface area contributed by atoms with Gasteiger partial charge >= 0.3 is 5.97 Å². The lowest BCUT2D eigenvalue weighted by molar-refractivity contribution is -0.190. The molecule has 0 rings (SSSR count). The SMILES string of the molecule is CCCCCCCCCCCCCCCCC(=O)OC(O)C(O)CO. The van der Waals surface area contributed by atoms with Crippen LogP contribution < -0.4 is 0 Å². The molecule has 2 unspecified atom stereocenters. The van der Waals surface area contributed by atoms with Crippen molar-refractivity contribution >= 4 is 5.97 Å². The van der Waals surface area contributed by atoms with Gasteiger partial charge in [-0.05, 0) is 6.42 Å². The maximum Gasteiger partial charge on any atom is 0.308 e. The molecule has 5 nitrogen and oxygen atoms in total. The van der Waals surface area contributed by atoms with Crippen molar-refractivity contribution < 1.29 is 24.9 Å². The van der Waals surface area contributed by atoms with Crippen LogP contribution in [0.15, 0.2) is 0 Å². The Morgan fingerprint density at radius 2 is 1.16 bits per heavy atom. The first-order chi connectivity index (χ1) is 12.1. The largest absolute Gasteiger partial charge is 0.433 e. The van der Waals surface area contributed by atoms with E-state index in [9.17, 15) is 9.90 Å². The lowest BCUT2D eigenvalue weighted by Crippen LogP contribution is -2.33. The van der Waals surface area contributed by atoms with Crippen molar-refractivity contribution in [3.05, 3.63) is 0 Å². The molecule has 0 spiro atoms. The van der Waals surface area contributed by atoms with Gasteiger partial charge < -0.3 is 20.1 Å². The van der Waals surface area contributed by atoms with Crippen LogP contribution in [-0.4, -0.2) is 40.3 Å². The number of unbranched alkanes of at least 4 members (excludes halogenated alkanes) is 13. The van der Waals surface area contributed by atoms with Crippen LogP contribution in [-0.2, 0) is 9.53 Å². The van der Waals surface area contributed by atoms with Gasteiger partial charge in [0.1, 0.15) is 6.10 Å². The average Bonchev–Trinajstić information content (AvgIpc) is 2.61. The minimum Gasteiger partial charge on any atom is -0.433 e. The molecule has 25 heavy (non-hydrogen) atoms. The highest BCUT2D eigenvalue weighted by molar-refractivity contribution is 5.69. The number of carbonyl (C=O) groups excluding carboxylic acids is 1. The smallest absolute Gasteiger partial charge is 0.308 e. The number of aliphatic hydroxyl groups excluding tert-OH is 3. The Hall–Kier alpha value is -0.650. The van der Waals surface area contributed by atoms with E-state index in [1.807, 2.05) is 0 Å². The number of aliphatic hydroxyl groups is 3. The molecule has 0 saturated carbocycles. The number of ether oxygens (including phenoxy) is 1. The molecule has 0 radical (unpaired) electrons. The molecular weight excluding hydrogens is 320 g/mol. The zero-order chi connectivity index (χ0) is 18.8. The molecule has 3 N–H and O–H groups in total. The monoisotopic (exact) mass is 360 g/mol. The zero-order valence-corrected chi connectivity index (χ0v) is 16.1. The predicted octanol–water partition coefficient (Wildman–Crippen LogP) is 4.07. The van der Waals surface area contributed by atoms with Crippen LogP contribution in [0.3, 0.4) is 0 Å². The van der Waals surface area contributed by atoms with E-state index in [0.717, 1.165) is 19.3 Å². The normalized spacial score (nSPS) is 13.6. The lowest BCUT2D eigenvalue weighted by atomic mass is 10.0. The van der Waals surface area contributed by atoms with Crippen molar-refractivity contribution in [3.63, 3.8) is 0 Å². The first kappa shape index (κ1) is 24.4. The summed E-state index contributed by atoms with van der Waals surface area (Å²) >= 11 is 0. The van der Waals surface area contributed by atoms with E-state index in [2.05, 4.69) is 11.7 Å². The Morgan fingerprint density at radius 1 is 0.760 bits per heavy atom. The topological polar surface area (TPSA) is 87.0 Å². The van der Waals surface area contributed by atoms with Crippen LogP contribution in [0.2, 0.25) is 0 Å². The number of esters is 1. The van der Waals surface area contributed by atoms with Crippen LogP contribution in [0, 0.1) is 0 Å². The molecular formula is C20H40O5. The number of hydrogen-bond acceptors (Lipinski definition) is 5. The van der Waals surface area contributed by atoms with Gasteiger partial charge in [0.05, 0.1) is 6.61 Å². The molecule has 5 heteroatoms. The summed E-state index contributed by atoms with van der Waals surface area (Å²) in [5, 5.41) is 27.0. The van der Waals surface area contributed by atoms with E-state index in [4.69, 9.17) is 10.2 Å². The molecule has 0 aliphatic carbocycles. The van der Waals surface area contributed by atoms with Crippen LogP contribution in [0.4, 0.5) is 0 Å². The number of rotatable bonds is 18. The minimum atomic E-state index is -1.64. The fourth-order valence-electron chi connectivity index (χ4n) is 2.83. The maximum absolute atomic E-state index is 11.4. The number of carbonyl (C=O) groups is 1. The highest BCUT2D eigenvalue weighted by Gasteiger charge is 2.19. The molecule has 0 saturated heterocycles. The third kappa shape index (κ3) is 16.6. The first-order valence-electron chi connectivity index (χ1n) is 10.3. The summed E-state index contributed by atoms with van der Waals surface area (Å²) in [5.74, 6) is -0.529. The molecule has 2 atom stereocenters. The second-order valence-electron chi connectivity index (χ2n) is 6.98. The highest BCUT2D eigenvalue weighted by atomic mass is 16.6. The minimum absolute atomic E-state index is 0.243. The van der Waals surface area contributed by atoms with E-state index in [1.54, 1.807) is 0 Å². The van der Waals surface area contributed by atoms with Crippen molar-refractivity contribution in [1.29, 1.82) is 0 Å². The van der Waals surface area contributed by atoms with Crippen LogP contribution in [0.1, 0.15) is 103 Å². The second kappa shape index (κ2) is 18.2. The Kier molecular flexibility index (Phi) is 17.7. The van der Waals surface area contributed by atoms with E-state index < -0.39 is 25.0 Å². The van der Waals surface area contributed by atoms with Gasteiger partial charge in [-0.2, -0.15) is 0 Å². The summed E-state index contributed by atoms with van der Waals surface area (Å²) < 4.78 is 4.62. The lowest BCUT2D eigenvalue weighted by Gasteiger charge is -2.15. The van der Waals surface area contributed by atoms with E-state index in [0.29, 0.717) is 0 Å². The quantitative estimate of drug-likeness (QED) is 0.195. The van der Waals surface area contributed by atoms with E-state index in [1.165, 1.54) is 70.6 Å². The summed E-state index contributed by atoms with van der Waals surface area (Å²) in [5.41, 5.74) is 0. The molecule has 0 aromatic rings. The summed E-state index contributed by atoms with van der Waals surface area (Å²) in [6.07, 6.45) is 14.7. The van der Waals surface area contributed by atoms with Gasteiger partial charge in [-0.1, -0.05) is 90.4 Å². The Morgan fingerprint density at radius 3 is 1.56 bits per heavy atom. The van der Waals surface area contributed by atoms with Crippen LogP contribution in [0.25, 0.3) is 0 Å². The van der Waals surface area contributed by atoms with Crippen molar-refractivity contribution in [2.75, 3.05) is 6.61 Å². The maximum atomic E-state index is 11.4. The van der Waals surface area contributed by atoms with Crippen LogP contribution in [0.5, 0.6) is 0 Å². The van der Waals surface area contributed by atoms with Gasteiger partial charge in [0.25, 0.3) is 0 Å². The van der Waals surface area contributed by atoms with Crippen molar-refractivity contribution in [1.82, 2.24) is 0 Å². The third-order valence-electron chi connectivity index (χ3n) is 4.50. The van der Waals surface area contributed by atoms with Crippen LogP contribution >= 0.6 is 0 Å². The Labute approximate surface area is 153 Å². The molecule has 150 valence electrons. The van der Waals surface area contributed by atoms with Gasteiger partial charge in [0, 0.05) is 6.42 Å². The summed E-state index contributed by atoms with van der Waals surface area (Å²) in [6.45, 7) is 1.62. The third-order valence-corrected chi connectivity index (χ3v) is 4.50. The van der Waals surface area contributed by atoms with E-state index in [-0.39, 0.29) is 6.42 Å². The molecule has 0 amide bonds. The molecule has 0 aromatic heterocycles. The van der Waals surface area contributed by atoms with Crippen molar-refractivity contribution in [2.24, 2.45) is 0 Å². The van der Waals surface area contributed by atoms with Gasteiger partial charge in [0.15, 0.2) is 0 Å². The summed E-state index contributed by atoms with van der Waals surface area (Å²) in [4.78, 5) is 11.4. The Bertz CT molecular complexity index is 296. The molecule has 0 bridgehead atoms. The summed E-state index contributed by atoms with van der Waals surface area (Å²) in [7, 11) is 0. The predicted molar refractivity (Wildman–Crippen MR) is 100 cm³/mol. The molecule has 0 aliphatic heterocycles. The van der Waals surface area contributed by atoms with Gasteiger partial charge in [-0.15, -0.1) is 0 Å². The molecule has 0 aliphatic rings. The van der Waals surface area contributed by atoms with Crippen molar-refractivity contribution in [2.45, 2.75) is 116 Å². The second-order valence-corrected chi connectivity index (χ2v) is 6.98. The van der Waals surface area contributed by atoms with Gasteiger partial charge in [0.2, 0.25) is 6.29 Å². The first-order valence-corrected chi connectivity index (χ1v) is 10.3. The standard InChI is InChI=1S/C20H40O5/c1-2-3-4-5-6-7-8-9-10-11-12-13-14-15-16-19(23)25-20(24)18(22)17-21/h18,20-22,24H,2-17H2,1H3. The average molecular weight is 361 g/mol.